The Balaban J connectivity index is 2.45. The minimum atomic E-state index is -0.512. The van der Waals surface area contributed by atoms with Crippen LogP contribution in [0.25, 0.3) is 0 Å². The van der Waals surface area contributed by atoms with Crippen molar-refractivity contribution >= 4 is 17.9 Å². The van der Waals surface area contributed by atoms with Gasteiger partial charge in [-0.1, -0.05) is 10.2 Å². The Kier molecular flexibility index (Phi) is 1.90. The number of nitrogen functional groups attached to an aromatic ring is 1. The number of carbonyl (C=O) groups is 1. The zero-order valence-electron chi connectivity index (χ0n) is 5.57. The highest BCUT2D eigenvalue weighted by Crippen LogP contribution is 2.04. The molecular weight excluding hydrogens is 150 g/mol. The molecule has 0 aliphatic heterocycles. The van der Waals surface area contributed by atoms with Crippen molar-refractivity contribution in [3.63, 3.8) is 0 Å². The number of aromatic nitrogens is 2. The average Bonchev–Trinajstić information content (AvgIpc) is 2.31. The largest absolute Gasteiger partial charge is 0.390 e. The normalized spacial score (nSPS) is 9.45. The minimum absolute atomic E-state index is 0.0539. The molecule has 11 heavy (non-hydrogen) atoms. The van der Waals surface area contributed by atoms with E-state index in [9.17, 15) is 4.79 Å². The predicted octanol–water partition coefficient (Wildman–Crippen LogP) is -1.45. The Hall–Kier alpha value is -1.79. The lowest BCUT2D eigenvalue weighted by Crippen LogP contribution is -2.21. The summed E-state index contributed by atoms with van der Waals surface area (Å²) >= 11 is 0. The van der Waals surface area contributed by atoms with Gasteiger partial charge < -0.3 is 21.2 Å². The number of nitrogens with zero attached hydrogens (tertiary/aromatic N) is 2. The van der Waals surface area contributed by atoms with Gasteiger partial charge in [0.2, 0.25) is 5.91 Å². The first-order valence-electron chi connectivity index (χ1n) is 2.79. The third kappa shape index (κ3) is 2.12. The monoisotopic (exact) mass is 157 g/mol. The molecular formula is C4H7N5O2. The number of nitrogens with one attached hydrogen (secondary N) is 1. The summed E-state index contributed by atoms with van der Waals surface area (Å²) in [5.41, 5.74) is 9.91. The average molecular weight is 157 g/mol. The number of primary amides is 1. The SMILES string of the molecule is NC(=O)CNc1nnc(N)o1. The van der Waals surface area contributed by atoms with Gasteiger partial charge in [-0.2, -0.15) is 0 Å². The fraction of sp³-hybridized carbons (Fsp3) is 0.250. The van der Waals surface area contributed by atoms with Crippen molar-refractivity contribution in [2.75, 3.05) is 17.6 Å². The van der Waals surface area contributed by atoms with Crippen LogP contribution >= 0.6 is 0 Å². The lowest BCUT2D eigenvalue weighted by molar-refractivity contribution is -0.116. The lowest BCUT2D eigenvalue weighted by Gasteiger charge is -1.93. The molecule has 0 fully saturated rings. The summed E-state index contributed by atoms with van der Waals surface area (Å²) in [4.78, 5) is 10.2. The van der Waals surface area contributed by atoms with Crippen molar-refractivity contribution in [1.82, 2.24) is 10.2 Å². The Morgan fingerprint density at radius 2 is 2.36 bits per heavy atom. The molecule has 0 bridgehead atoms. The third-order valence-corrected chi connectivity index (χ3v) is 0.854. The van der Waals surface area contributed by atoms with Crippen LogP contribution in [-0.4, -0.2) is 22.6 Å². The van der Waals surface area contributed by atoms with Gasteiger partial charge in [-0.25, -0.2) is 0 Å². The molecule has 60 valence electrons. The molecule has 0 spiro atoms. The zero-order valence-corrected chi connectivity index (χ0v) is 5.57. The molecule has 0 atom stereocenters. The maximum absolute atomic E-state index is 10.2. The fourth-order valence-electron chi connectivity index (χ4n) is 0.469. The number of amides is 1. The van der Waals surface area contributed by atoms with E-state index in [1.165, 1.54) is 0 Å². The summed E-state index contributed by atoms with van der Waals surface area (Å²) in [6.45, 7) is -0.0539. The van der Waals surface area contributed by atoms with Crippen LogP contribution in [-0.2, 0) is 4.79 Å². The van der Waals surface area contributed by atoms with E-state index in [1.807, 2.05) is 0 Å². The number of hydrogen-bond acceptors (Lipinski definition) is 6. The Labute approximate surface area is 61.8 Å². The van der Waals surface area contributed by atoms with Crippen molar-refractivity contribution in [2.45, 2.75) is 0 Å². The second-order valence-corrected chi connectivity index (χ2v) is 1.77. The van der Waals surface area contributed by atoms with Crippen LogP contribution < -0.4 is 16.8 Å². The van der Waals surface area contributed by atoms with E-state index in [1.54, 1.807) is 0 Å². The maximum atomic E-state index is 10.2. The van der Waals surface area contributed by atoms with E-state index < -0.39 is 5.91 Å². The molecule has 0 saturated carbocycles. The van der Waals surface area contributed by atoms with Gasteiger partial charge in [-0.15, -0.1) is 0 Å². The van der Waals surface area contributed by atoms with E-state index in [4.69, 9.17) is 11.5 Å². The molecule has 1 rings (SSSR count). The number of anilines is 2. The highest BCUT2D eigenvalue weighted by molar-refractivity contribution is 5.78. The minimum Gasteiger partial charge on any atom is -0.390 e. The predicted molar refractivity (Wildman–Crippen MR) is 36.4 cm³/mol. The van der Waals surface area contributed by atoms with Gasteiger partial charge in [0.25, 0.3) is 0 Å². The van der Waals surface area contributed by atoms with Gasteiger partial charge in [0, 0.05) is 0 Å². The van der Waals surface area contributed by atoms with Crippen LogP contribution in [0.3, 0.4) is 0 Å². The van der Waals surface area contributed by atoms with E-state index in [-0.39, 0.29) is 18.6 Å². The van der Waals surface area contributed by atoms with Gasteiger partial charge in [-0.05, 0) is 0 Å². The molecule has 0 aromatic carbocycles. The van der Waals surface area contributed by atoms with Gasteiger partial charge in [0.1, 0.15) is 0 Å². The second-order valence-electron chi connectivity index (χ2n) is 1.77. The molecule has 0 radical (unpaired) electrons. The smallest absolute Gasteiger partial charge is 0.317 e. The van der Waals surface area contributed by atoms with Gasteiger partial charge in [0.05, 0.1) is 6.54 Å². The molecule has 1 heterocycles. The quantitative estimate of drug-likeness (QED) is 0.493. The molecule has 1 aromatic rings. The molecule has 7 nitrogen and oxygen atoms in total. The van der Waals surface area contributed by atoms with Crippen LogP contribution in [0.5, 0.6) is 0 Å². The molecule has 0 saturated heterocycles. The number of rotatable bonds is 3. The Morgan fingerprint density at radius 3 is 2.82 bits per heavy atom. The first-order valence-corrected chi connectivity index (χ1v) is 2.79. The molecule has 5 N–H and O–H groups in total. The number of nitrogens with two attached hydrogens (primary N) is 2. The van der Waals surface area contributed by atoms with Crippen LogP contribution in [0, 0.1) is 0 Å². The van der Waals surface area contributed by atoms with Gasteiger partial charge in [0.15, 0.2) is 0 Å². The van der Waals surface area contributed by atoms with E-state index >= 15 is 0 Å². The summed E-state index contributed by atoms with van der Waals surface area (Å²) < 4.78 is 4.67. The van der Waals surface area contributed by atoms with Crippen LogP contribution in [0.1, 0.15) is 0 Å². The van der Waals surface area contributed by atoms with E-state index in [0.717, 1.165) is 0 Å². The first kappa shape index (κ1) is 7.32. The van der Waals surface area contributed by atoms with E-state index in [2.05, 4.69) is 19.9 Å². The van der Waals surface area contributed by atoms with Gasteiger partial charge >= 0.3 is 12.0 Å². The Morgan fingerprint density at radius 1 is 1.64 bits per heavy atom. The molecule has 1 amide bonds. The first-order chi connectivity index (χ1) is 5.18. The van der Waals surface area contributed by atoms with Crippen LogP contribution in [0.4, 0.5) is 12.0 Å². The number of hydrogen-bond donors (Lipinski definition) is 3. The van der Waals surface area contributed by atoms with Crippen molar-refractivity contribution in [3.05, 3.63) is 0 Å². The van der Waals surface area contributed by atoms with Crippen molar-refractivity contribution in [1.29, 1.82) is 0 Å². The highest BCUT2D eigenvalue weighted by atomic mass is 16.4. The number of carbonyl (C=O) groups excluding carboxylic acids is 1. The van der Waals surface area contributed by atoms with E-state index in [0.29, 0.717) is 0 Å². The van der Waals surface area contributed by atoms with Crippen molar-refractivity contribution in [2.24, 2.45) is 5.73 Å². The molecule has 7 heteroatoms. The van der Waals surface area contributed by atoms with Gasteiger partial charge in [-0.3, -0.25) is 4.79 Å². The lowest BCUT2D eigenvalue weighted by atomic mass is 10.6. The topological polar surface area (TPSA) is 120 Å². The summed E-state index contributed by atoms with van der Waals surface area (Å²) in [5, 5.41) is 9.24. The summed E-state index contributed by atoms with van der Waals surface area (Å²) in [5.74, 6) is -0.512. The van der Waals surface area contributed by atoms with Crippen LogP contribution in [0.15, 0.2) is 4.42 Å². The van der Waals surface area contributed by atoms with Crippen molar-refractivity contribution in [3.8, 4) is 0 Å². The summed E-state index contributed by atoms with van der Waals surface area (Å²) in [6.07, 6.45) is 0. The third-order valence-electron chi connectivity index (χ3n) is 0.854. The second kappa shape index (κ2) is 2.86. The molecule has 1 aromatic heterocycles. The summed E-state index contributed by atoms with van der Waals surface area (Å²) in [7, 11) is 0. The Bertz CT molecular complexity index is 257. The molecule has 0 aliphatic carbocycles. The zero-order chi connectivity index (χ0) is 8.27. The fourth-order valence-corrected chi connectivity index (χ4v) is 0.469. The molecule has 0 aliphatic rings. The summed E-state index contributed by atoms with van der Waals surface area (Å²) in [6, 6.07) is 0.0262. The van der Waals surface area contributed by atoms with Crippen molar-refractivity contribution < 1.29 is 9.21 Å². The maximum Gasteiger partial charge on any atom is 0.317 e. The standard InChI is InChI=1S/C4H7N5O2/c5-2(10)1-7-4-9-8-3(6)11-4/h1H2,(H2,5,10)(H2,6,8)(H,7,9). The molecule has 0 unspecified atom stereocenters. The van der Waals surface area contributed by atoms with Crippen LogP contribution in [0.2, 0.25) is 0 Å². The highest BCUT2D eigenvalue weighted by Gasteiger charge is 2.01.